The number of hydrogen-bond donors (Lipinski definition) is 2. The van der Waals surface area contributed by atoms with Gasteiger partial charge >= 0.3 is 0 Å². The average Bonchev–Trinajstić information content (AvgIpc) is 4.10. The molecule has 0 radical (unpaired) electrons. The Morgan fingerprint density at radius 2 is 1.28 bits per heavy atom. The molecule has 0 saturated carbocycles. The standard InChI is InChI=1S/C46H48N6O5/c1-55-36-11-3-8-31(26-36)16-22-43(53)51-24-6-14-41(51)45-47-29-39(49-45)33-18-20-35(21-19-33)57-38-13-5-10-34(28-38)40-30-48-46(50-40)42-15-7-25-52(42)44(54)23-17-32-9-4-12-37(27-32)56-2/h3-5,8-13,18-21,26-30,41-42H,6-7,14-17,22-25H2,1-2H3,(H,47,49)(H,48,50)/t41-,42-/m0/s1. The summed E-state index contributed by atoms with van der Waals surface area (Å²) in [5.74, 6) is 4.89. The smallest absolute Gasteiger partial charge is 0.223 e. The molecule has 4 heterocycles. The molecule has 57 heavy (non-hydrogen) atoms. The van der Waals surface area contributed by atoms with Gasteiger partial charge in [0.15, 0.2) is 0 Å². The number of aryl methyl sites for hydroxylation is 2. The number of aromatic amines is 2. The lowest BCUT2D eigenvalue weighted by molar-refractivity contribution is -0.133. The van der Waals surface area contributed by atoms with Crippen molar-refractivity contribution in [2.45, 2.75) is 63.5 Å². The van der Waals surface area contributed by atoms with Crippen LogP contribution in [0.3, 0.4) is 0 Å². The molecule has 2 aromatic heterocycles. The summed E-state index contributed by atoms with van der Waals surface area (Å²) in [5.41, 5.74) is 5.77. The molecule has 2 aliphatic rings. The molecule has 0 aliphatic carbocycles. The lowest BCUT2D eigenvalue weighted by Crippen LogP contribution is -2.31. The molecule has 2 atom stereocenters. The minimum atomic E-state index is -0.0737. The molecular weight excluding hydrogens is 717 g/mol. The zero-order chi connectivity index (χ0) is 39.1. The van der Waals surface area contributed by atoms with Gasteiger partial charge in [-0.3, -0.25) is 9.59 Å². The fourth-order valence-corrected chi connectivity index (χ4v) is 8.01. The summed E-state index contributed by atoms with van der Waals surface area (Å²) in [6.07, 6.45) is 9.62. The molecule has 2 N–H and O–H groups in total. The van der Waals surface area contributed by atoms with E-state index in [-0.39, 0.29) is 23.9 Å². The van der Waals surface area contributed by atoms with Gasteiger partial charge in [-0.2, -0.15) is 0 Å². The molecule has 6 aromatic rings. The number of imidazole rings is 2. The molecular formula is C46H48N6O5. The third-order valence-electron chi connectivity index (χ3n) is 11.0. The number of nitrogens with zero attached hydrogens (tertiary/aromatic N) is 4. The Balaban J connectivity index is 0.868. The first-order valence-corrected chi connectivity index (χ1v) is 19.8. The molecule has 11 heteroatoms. The molecule has 8 rings (SSSR count). The molecule has 2 aliphatic heterocycles. The summed E-state index contributed by atoms with van der Waals surface area (Å²) in [6, 6.07) is 31.4. The third kappa shape index (κ3) is 8.72. The molecule has 292 valence electrons. The van der Waals surface area contributed by atoms with Crippen LogP contribution in [0.4, 0.5) is 0 Å². The van der Waals surface area contributed by atoms with Crippen molar-refractivity contribution in [2.24, 2.45) is 0 Å². The highest BCUT2D eigenvalue weighted by molar-refractivity contribution is 5.78. The number of likely N-dealkylation sites (tertiary alicyclic amines) is 2. The number of ether oxygens (including phenoxy) is 3. The molecule has 0 bridgehead atoms. The van der Waals surface area contributed by atoms with Crippen molar-refractivity contribution in [1.82, 2.24) is 29.7 Å². The van der Waals surface area contributed by atoms with E-state index in [0.717, 1.165) is 95.6 Å². The number of methoxy groups -OCH3 is 2. The largest absolute Gasteiger partial charge is 0.497 e. The van der Waals surface area contributed by atoms with Crippen molar-refractivity contribution in [2.75, 3.05) is 27.3 Å². The number of carbonyl (C=O) groups excluding carboxylic acids is 2. The highest BCUT2D eigenvalue weighted by Gasteiger charge is 2.33. The maximum Gasteiger partial charge on any atom is 0.223 e. The summed E-state index contributed by atoms with van der Waals surface area (Å²) in [6.45, 7) is 1.46. The molecule has 2 saturated heterocycles. The van der Waals surface area contributed by atoms with E-state index in [1.165, 1.54) is 0 Å². The van der Waals surface area contributed by atoms with E-state index >= 15 is 0 Å². The van der Waals surface area contributed by atoms with E-state index in [2.05, 4.69) is 9.97 Å². The summed E-state index contributed by atoms with van der Waals surface area (Å²) < 4.78 is 17.0. The first-order chi connectivity index (χ1) is 27.9. The number of carbonyl (C=O) groups is 2. The quantitative estimate of drug-likeness (QED) is 0.114. The fraction of sp³-hybridized carbons (Fsp3) is 0.304. The van der Waals surface area contributed by atoms with Crippen molar-refractivity contribution in [1.29, 1.82) is 0 Å². The van der Waals surface area contributed by atoms with Crippen molar-refractivity contribution in [3.8, 4) is 45.5 Å². The Morgan fingerprint density at radius 1 is 0.684 bits per heavy atom. The monoisotopic (exact) mass is 764 g/mol. The van der Waals surface area contributed by atoms with E-state index in [1.54, 1.807) is 14.2 Å². The van der Waals surface area contributed by atoms with Gasteiger partial charge in [-0.1, -0.05) is 36.4 Å². The zero-order valence-electron chi connectivity index (χ0n) is 32.4. The van der Waals surface area contributed by atoms with Crippen LogP contribution in [0.5, 0.6) is 23.0 Å². The van der Waals surface area contributed by atoms with E-state index in [0.29, 0.717) is 37.2 Å². The van der Waals surface area contributed by atoms with Crippen LogP contribution in [0.2, 0.25) is 0 Å². The van der Waals surface area contributed by atoms with Gasteiger partial charge in [0, 0.05) is 37.7 Å². The summed E-state index contributed by atoms with van der Waals surface area (Å²) in [7, 11) is 3.31. The molecule has 11 nitrogen and oxygen atoms in total. The average molecular weight is 765 g/mol. The Morgan fingerprint density at radius 3 is 1.91 bits per heavy atom. The van der Waals surface area contributed by atoms with E-state index in [1.807, 2.05) is 119 Å². The van der Waals surface area contributed by atoms with Gasteiger partial charge in [-0.15, -0.1) is 0 Å². The number of H-pyrrole nitrogens is 2. The molecule has 2 amide bonds. The third-order valence-corrected chi connectivity index (χ3v) is 11.0. The molecule has 2 fully saturated rings. The minimum Gasteiger partial charge on any atom is -0.497 e. The zero-order valence-corrected chi connectivity index (χ0v) is 32.4. The van der Waals surface area contributed by atoms with Crippen molar-refractivity contribution in [3.63, 3.8) is 0 Å². The van der Waals surface area contributed by atoms with E-state index in [4.69, 9.17) is 24.2 Å². The second kappa shape index (κ2) is 17.2. The van der Waals surface area contributed by atoms with Crippen LogP contribution in [0, 0.1) is 0 Å². The number of aromatic nitrogens is 4. The van der Waals surface area contributed by atoms with Gasteiger partial charge in [0.1, 0.15) is 34.6 Å². The first-order valence-electron chi connectivity index (χ1n) is 19.8. The van der Waals surface area contributed by atoms with Gasteiger partial charge in [0.2, 0.25) is 11.8 Å². The van der Waals surface area contributed by atoms with Crippen molar-refractivity contribution >= 4 is 11.8 Å². The number of rotatable bonds is 14. The van der Waals surface area contributed by atoms with Crippen LogP contribution in [-0.4, -0.2) is 68.9 Å². The lowest BCUT2D eigenvalue weighted by atomic mass is 10.1. The van der Waals surface area contributed by atoms with Crippen LogP contribution in [-0.2, 0) is 22.4 Å². The Hall–Kier alpha value is -6.36. The second-order valence-corrected chi connectivity index (χ2v) is 14.7. The van der Waals surface area contributed by atoms with Crippen LogP contribution >= 0.6 is 0 Å². The summed E-state index contributed by atoms with van der Waals surface area (Å²) in [5, 5.41) is 0. The van der Waals surface area contributed by atoms with Gasteiger partial charge in [-0.25, -0.2) is 9.97 Å². The molecule has 4 aromatic carbocycles. The predicted molar refractivity (Wildman–Crippen MR) is 218 cm³/mol. The van der Waals surface area contributed by atoms with Gasteiger partial charge < -0.3 is 34.0 Å². The minimum absolute atomic E-state index is 0.0629. The number of benzene rings is 4. The summed E-state index contributed by atoms with van der Waals surface area (Å²) >= 11 is 0. The van der Waals surface area contributed by atoms with Gasteiger partial charge in [0.05, 0.1) is 43.9 Å². The van der Waals surface area contributed by atoms with Crippen molar-refractivity contribution < 1.29 is 23.8 Å². The predicted octanol–water partition coefficient (Wildman–Crippen LogP) is 8.87. The molecule has 0 spiro atoms. The normalized spacial score (nSPS) is 16.5. The van der Waals surface area contributed by atoms with Gasteiger partial charge in [0.25, 0.3) is 0 Å². The van der Waals surface area contributed by atoms with Gasteiger partial charge in [-0.05, 0) is 116 Å². The maximum atomic E-state index is 13.3. The topological polar surface area (TPSA) is 126 Å². The van der Waals surface area contributed by atoms with Crippen LogP contribution in [0.15, 0.2) is 109 Å². The van der Waals surface area contributed by atoms with Crippen LogP contribution < -0.4 is 14.2 Å². The summed E-state index contributed by atoms with van der Waals surface area (Å²) in [4.78, 5) is 47.1. The SMILES string of the molecule is COc1cccc(CCC(=O)N2CCC[C@H]2c2nc(-c3cccc(Oc4ccc(-c5cnc([C@@H]6CCCN6C(=O)CCc6cccc(OC)c6)[nH]5)cc4)c3)c[nH]2)c1. The second-order valence-electron chi connectivity index (χ2n) is 14.7. The Kier molecular flexibility index (Phi) is 11.3. The molecule has 0 unspecified atom stereocenters. The van der Waals surface area contributed by atoms with Crippen LogP contribution in [0.25, 0.3) is 22.5 Å². The van der Waals surface area contributed by atoms with E-state index in [9.17, 15) is 9.59 Å². The highest BCUT2D eigenvalue weighted by atomic mass is 16.5. The number of nitrogens with one attached hydrogen (secondary N) is 2. The van der Waals surface area contributed by atoms with Crippen LogP contribution in [0.1, 0.15) is 73.4 Å². The highest BCUT2D eigenvalue weighted by Crippen LogP contribution is 2.35. The number of amides is 2. The Bertz CT molecular complexity index is 2320. The maximum absolute atomic E-state index is 13.3. The lowest BCUT2D eigenvalue weighted by Gasteiger charge is -2.23. The first kappa shape index (κ1) is 37.6. The van der Waals surface area contributed by atoms with Crippen molar-refractivity contribution in [3.05, 3.63) is 132 Å². The Labute approximate surface area is 333 Å². The van der Waals surface area contributed by atoms with E-state index < -0.39 is 0 Å². The fourth-order valence-electron chi connectivity index (χ4n) is 8.01. The number of hydrogen-bond acceptors (Lipinski definition) is 7.